The zero-order valence-electron chi connectivity index (χ0n) is 22.9. The van der Waals surface area contributed by atoms with E-state index >= 15 is 0 Å². The quantitative estimate of drug-likeness (QED) is 0.131. The normalized spacial score (nSPS) is 13.9. The van der Waals surface area contributed by atoms with Crippen molar-refractivity contribution in [1.82, 2.24) is 5.32 Å². The van der Waals surface area contributed by atoms with E-state index in [1.54, 1.807) is 7.11 Å². The molecule has 0 fully saturated rings. The van der Waals surface area contributed by atoms with Crippen molar-refractivity contribution in [2.75, 3.05) is 18.6 Å². The summed E-state index contributed by atoms with van der Waals surface area (Å²) in [4.78, 5) is 0. The first-order valence-electron chi connectivity index (χ1n) is 13.4. The SMILES string of the molecule is CC[C@H](C)[C@@H](CP(Br)(Cc1ccccc1)(c1ccccc1)c1ccccc1)NC(=S)Nc1ccc(OC)cc1. The number of hydrogen-bond acceptors (Lipinski definition) is 2. The molecule has 6 heteroatoms. The zero-order valence-corrected chi connectivity index (χ0v) is 26.2. The van der Waals surface area contributed by atoms with Crippen LogP contribution in [0.5, 0.6) is 5.75 Å². The van der Waals surface area contributed by atoms with Gasteiger partial charge in [0.1, 0.15) is 0 Å². The van der Waals surface area contributed by atoms with Crippen molar-refractivity contribution < 1.29 is 4.74 Å². The molecule has 0 saturated carbocycles. The molecule has 39 heavy (non-hydrogen) atoms. The Morgan fingerprint density at radius 2 is 1.33 bits per heavy atom. The van der Waals surface area contributed by atoms with E-state index < -0.39 is 5.31 Å². The van der Waals surface area contributed by atoms with Gasteiger partial charge in [0.2, 0.25) is 0 Å². The van der Waals surface area contributed by atoms with Crippen molar-refractivity contribution in [2.45, 2.75) is 32.5 Å². The van der Waals surface area contributed by atoms with Gasteiger partial charge in [-0.3, -0.25) is 0 Å². The zero-order chi connectivity index (χ0) is 27.7. The number of rotatable bonds is 11. The van der Waals surface area contributed by atoms with Crippen molar-refractivity contribution in [1.29, 1.82) is 0 Å². The van der Waals surface area contributed by atoms with Gasteiger partial charge in [0.05, 0.1) is 0 Å². The average molecular weight is 622 g/mol. The molecule has 4 aromatic carbocycles. The maximum atomic E-state index is 5.87. The summed E-state index contributed by atoms with van der Waals surface area (Å²) in [6.45, 7) is 4.57. The summed E-state index contributed by atoms with van der Waals surface area (Å²) < 4.78 is 5.31. The number of thiocarbonyl (C=S) groups is 1. The predicted octanol–water partition coefficient (Wildman–Crippen LogP) is 8.11. The molecule has 204 valence electrons. The fourth-order valence-electron chi connectivity index (χ4n) is 5.18. The van der Waals surface area contributed by atoms with Crippen LogP contribution in [0.3, 0.4) is 0 Å². The molecule has 0 heterocycles. The predicted molar refractivity (Wildman–Crippen MR) is 179 cm³/mol. The van der Waals surface area contributed by atoms with Gasteiger partial charge in [-0.05, 0) is 0 Å². The first-order valence-corrected chi connectivity index (χ1v) is 18.5. The maximum absolute atomic E-state index is 5.87. The third-order valence-corrected chi connectivity index (χ3v) is 17.1. The van der Waals surface area contributed by atoms with Crippen LogP contribution in [0.1, 0.15) is 25.8 Å². The molecule has 4 rings (SSSR count). The van der Waals surface area contributed by atoms with E-state index in [0.717, 1.165) is 30.2 Å². The summed E-state index contributed by atoms with van der Waals surface area (Å²) in [7, 11) is 1.67. The molecule has 0 aliphatic carbocycles. The first-order chi connectivity index (χ1) is 18.8. The van der Waals surface area contributed by atoms with E-state index in [4.69, 9.17) is 17.0 Å². The van der Waals surface area contributed by atoms with Gasteiger partial charge in [0.15, 0.2) is 0 Å². The second kappa shape index (κ2) is 13.1. The molecule has 4 aromatic rings. The molecule has 0 unspecified atom stereocenters. The van der Waals surface area contributed by atoms with Crippen LogP contribution in [0.2, 0.25) is 0 Å². The molecule has 0 aromatic heterocycles. The minimum atomic E-state index is -2.98. The van der Waals surface area contributed by atoms with Crippen molar-refractivity contribution in [3.63, 3.8) is 0 Å². The van der Waals surface area contributed by atoms with Gasteiger partial charge in [0.25, 0.3) is 0 Å². The summed E-state index contributed by atoms with van der Waals surface area (Å²) in [5.41, 5.74) is 2.25. The molecular formula is C33H38BrN2OPS. The Morgan fingerprint density at radius 1 is 0.821 bits per heavy atom. The molecule has 0 saturated heterocycles. The number of hydrogen-bond donors (Lipinski definition) is 2. The second-order valence-electron chi connectivity index (χ2n) is 10.2. The van der Waals surface area contributed by atoms with Crippen LogP contribution in [0.4, 0.5) is 5.69 Å². The Bertz CT molecular complexity index is 1300. The monoisotopic (exact) mass is 620 g/mol. The van der Waals surface area contributed by atoms with Crippen LogP contribution in [-0.2, 0) is 6.16 Å². The Hall–Kier alpha value is -2.72. The fourth-order valence-corrected chi connectivity index (χ4v) is 13.8. The second-order valence-corrected chi connectivity index (χ2v) is 20.2. The van der Waals surface area contributed by atoms with Gasteiger partial charge in [0, 0.05) is 0 Å². The first kappa shape index (κ1) is 29.3. The van der Waals surface area contributed by atoms with Crippen LogP contribution in [-0.4, -0.2) is 24.4 Å². The van der Waals surface area contributed by atoms with Crippen molar-refractivity contribution in [3.8, 4) is 5.75 Å². The van der Waals surface area contributed by atoms with Gasteiger partial charge in [-0.2, -0.15) is 0 Å². The van der Waals surface area contributed by atoms with Crippen LogP contribution in [0, 0.1) is 5.92 Å². The van der Waals surface area contributed by atoms with Crippen molar-refractivity contribution in [2.24, 2.45) is 5.92 Å². The van der Waals surface area contributed by atoms with Crippen LogP contribution >= 0.6 is 33.0 Å². The Kier molecular flexibility index (Phi) is 9.82. The summed E-state index contributed by atoms with van der Waals surface area (Å²) in [6, 6.07) is 40.9. The van der Waals surface area contributed by atoms with Gasteiger partial charge in [-0.1, -0.05) is 0 Å². The summed E-state index contributed by atoms with van der Waals surface area (Å²) in [5.74, 6) is 1.21. The van der Waals surface area contributed by atoms with E-state index in [1.165, 1.54) is 16.2 Å². The molecule has 0 amide bonds. The average Bonchev–Trinajstić information content (AvgIpc) is 2.98. The third-order valence-electron chi connectivity index (χ3n) is 7.62. The fraction of sp³-hybridized carbons (Fsp3) is 0.242. The Balaban J connectivity index is 1.77. The van der Waals surface area contributed by atoms with Gasteiger partial charge in [-0.15, -0.1) is 0 Å². The molecule has 0 bridgehead atoms. The topological polar surface area (TPSA) is 33.3 Å². The minimum absolute atomic E-state index is 0.134. The van der Waals surface area contributed by atoms with E-state index in [9.17, 15) is 0 Å². The van der Waals surface area contributed by atoms with Crippen molar-refractivity contribution in [3.05, 3.63) is 121 Å². The van der Waals surface area contributed by atoms with Crippen molar-refractivity contribution >= 4 is 54.4 Å². The Morgan fingerprint density at radius 3 is 1.82 bits per heavy atom. The Labute approximate surface area is 247 Å². The number of ether oxygens (including phenoxy) is 1. The molecule has 2 N–H and O–H groups in total. The number of benzene rings is 4. The molecule has 0 aliphatic rings. The van der Waals surface area contributed by atoms with Crippen LogP contribution in [0.15, 0.2) is 115 Å². The van der Waals surface area contributed by atoms with Gasteiger partial charge in [-0.25, -0.2) is 0 Å². The van der Waals surface area contributed by atoms with E-state index in [0.29, 0.717) is 11.0 Å². The number of halogens is 1. The summed E-state index contributed by atoms with van der Waals surface area (Å²) in [6.07, 6.45) is 2.86. The van der Waals surface area contributed by atoms with E-state index in [-0.39, 0.29) is 6.04 Å². The number of nitrogens with one attached hydrogen (secondary N) is 2. The molecule has 0 spiro atoms. The molecular weight excluding hydrogens is 583 g/mol. The van der Waals surface area contributed by atoms with Gasteiger partial charge < -0.3 is 0 Å². The molecule has 2 atom stereocenters. The van der Waals surface area contributed by atoms with E-state index in [2.05, 4.69) is 131 Å². The number of methoxy groups -OCH3 is 1. The van der Waals surface area contributed by atoms with Gasteiger partial charge >= 0.3 is 248 Å². The standard InChI is InChI=1S/C33H38BrN2OPS/c1-4-26(2)32(36-33(39)35-28-20-22-29(37-3)23-21-28)25-38(34,30-16-10-6-11-17-30,31-18-12-7-13-19-31)24-27-14-8-5-9-15-27/h5-23,26,32H,4,24-25H2,1-3H3,(H2,35,36,39)/t26-,32+/m0/s1. The summed E-state index contributed by atoms with van der Waals surface area (Å²) in [5, 5.41) is 7.49. The number of anilines is 1. The third kappa shape index (κ3) is 6.90. The van der Waals surface area contributed by atoms with Crippen LogP contribution < -0.4 is 26.0 Å². The molecule has 0 aliphatic heterocycles. The van der Waals surface area contributed by atoms with Crippen LogP contribution in [0.25, 0.3) is 0 Å². The summed E-state index contributed by atoms with van der Waals surface area (Å²) >= 11 is 10.5. The molecule has 0 radical (unpaired) electrons. The van der Waals surface area contributed by atoms with E-state index in [1.807, 2.05) is 24.3 Å². The molecule has 3 nitrogen and oxygen atoms in total.